The molecule has 1 aliphatic rings. The van der Waals surface area contributed by atoms with Gasteiger partial charge in [-0.05, 0) is 61.4 Å². The highest BCUT2D eigenvalue weighted by Crippen LogP contribution is 2.46. The predicted octanol–water partition coefficient (Wildman–Crippen LogP) is 4.51. The first-order valence-corrected chi connectivity index (χ1v) is 10.8. The van der Waals surface area contributed by atoms with Crippen LogP contribution in [-0.4, -0.2) is 41.5 Å². The lowest BCUT2D eigenvalue weighted by molar-refractivity contribution is -0.134. The van der Waals surface area contributed by atoms with Gasteiger partial charge in [0.05, 0.1) is 17.1 Å². The van der Waals surface area contributed by atoms with Gasteiger partial charge < -0.3 is 20.4 Å². The zero-order chi connectivity index (χ0) is 22.2. The fourth-order valence-corrected chi connectivity index (χ4v) is 4.39. The van der Waals surface area contributed by atoms with Gasteiger partial charge in [-0.15, -0.1) is 0 Å². The molecule has 0 unspecified atom stereocenters. The Morgan fingerprint density at radius 2 is 1.84 bits per heavy atom. The number of aromatic amines is 1. The fourth-order valence-electron chi connectivity index (χ4n) is 4.39. The summed E-state index contributed by atoms with van der Waals surface area (Å²) in [6, 6.07) is 19.8. The summed E-state index contributed by atoms with van der Waals surface area (Å²) in [7, 11) is 3.98. The smallest absolute Gasteiger partial charge is 0.311 e. The van der Waals surface area contributed by atoms with Gasteiger partial charge in [-0.2, -0.15) is 0 Å². The molecule has 0 spiro atoms. The lowest BCUT2D eigenvalue weighted by Crippen LogP contribution is -2.16. The first-order valence-electron chi connectivity index (χ1n) is 10.8. The van der Waals surface area contributed by atoms with Crippen LogP contribution in [0.2, 0.25) is 0 Å². The number of imidazole rings is 1. The molecule has 1 heterocycles. The van der Waals surface area contributed by atoms with Gasteiger partial charge in [0, 0.05) is 18.1 Å². The van der Waals surface area contributed by atoms with Crippen LogP contribution in [0.3, 0.4) is 0 Å². The van der Waals surface area contributed by atoms with E-state index in [2.05, 4.69) is 34.1 Å². The number of ether oxygens (including phenoxy) is 1. The highest BCUT2D eigenvalue weighted by Gasteiger charge is 2.28. The largest absolute Gasteiger partial charge is 0.426 e. The van der Waals surface area contributed by atoms with E-state index < -0.39 is 0 Å². The normalized spacial score (nSPS) is 14.6. The minimum atomic E-state index is -0.225. The summed E-state index contributed by atoms with van der Waals surface area (Å²) in [5.74, 6) is 1.07. The summed E-state index contributed by atoms with van der Waals surface area (Å²) in [5, 5.41) is 0. The highest BCUT2D eigenvalue weighted by atomic mass is 16.5. The minimum Gasteiger partial charge on any atom is -0.426 e. The molecule has 6 heteroatoms. The lowest BCUT2D eigenvalue weighted by atomic mass is 9.99. The van der Waals surface area contributed by atoms with Crippen molar-refractivity contribution >= 4 is 17.0 Å². The quantitative estimate of drug-likeness (QED) is 0.350. The van der Waals surface area contributed by atoms with Crippen molar-refractivity contribution in [3.05, 3.63) is 71.8 Å². The summed E-state index contributed by atoms with van der Waals surface area (Å²) >= 11 is 0. The molecule has 0 bridgehead atoms. The van der Waals surface area contributed by atoms with Crippen LogP contribution in [0.1, 0.15) is 30.0 Å². The van der Waals surface area contributed by atoms with Crippen molar-refractivity contribution in [3.63, 3.8) is 0 Å². The predicted molar refractivity (Wildman–Crippen MR) is 126 cm³/mol. The number of fused-ring (bicyclic) bond motifs is 4. The number of hydrogen-bond acceptors (Lipinski definition) is 5. The molecule has 0 fully saturated rings. The van der Waals surface area contributed by atoms with Crippen LogP contribution in [0.4, 0.5) is 0 Å². The number of H-pyrrole nitrogens is 1. The van der Waals surface area contributed by atoms with E-state index in [9.17, 15) is 4.79 Å². The molecule has 0 saturated heterocycles. The molecule has 3 aromatic carbocycles. The van der Waals surface area contributed by atoms with Crippen LogP contribution >= 0.6 is 0 Å². The SMILES string of the molecule is CN(C)CCCC(=O)Oc1ccc2nc(-c3cccc4c3-c3ccccc3[C@H]4N)[nH]c2c1. The Balaban J connectivity index is 1.45. The van der Waals surface area contributed by atoms with E-state index in [1.54, 1.807) is 6.07 Å². The van der Waals surface area contributed by atoms with E-state index >= 15 is 0 Å². The third kappa shape index (κ3) is 3.68. The van der Waals surface area contributed by atoms with E-state index in [4.69, 9.17) is 15.5 Å². The maximum atomic E-state index is 12.2. The van der Waals surface area contributed by atoms with Crippen molar-refractivity contribution in [1.29, 1.82) is 0 Å². The second kappa shape index (κ2) is 8.22. The number of hydrogen-bond donors (Lipinski definition) is 2. The fraction of sp³-hybridized carbons (Fsp3) is 0.231. The van der Waals surface area contributed by atoms with Gasteiger partial charge in [0.15, 0.2) is 0 Å². The lowest BCUT2D eigenvalue weighted by Gasteiger charge is -2.08. The maximum Gasteiger partial charge on any atom is 0.311 e. The van der Waals surface area contributed by atoms with Crippen LogP contribution < -0.4 is 10.5 Å². The summed E-state index contributed by atoms with van der Waals surface area (Å²) in [6.45, 7) is 0.853. The van der Waals surface area contributed by atoms with Crippen molar-refractivity contribution in [2.75, 3.05) is 20.6 Å². The van der Waals surface area contributed by atoms with Gasteiger partial charge in [-0.25, -0.2) is 4.98 Å². The molecule has 1 atom stereocenters. The summed E-state index contributed by atoms with van der Waals surface area (Å²) < 4.78 is 5.53. The third-order valence-electron chi connectivity index (χ3n) is 5.92. The van der Waals surface area contributed by atoms with Gasteiger partial charge in [0.25, 0.3) is 0 Å². The Morgan fingerprint density at radius 3 is 2.69 bits per heavy atom. The second-order valence-corrected chi connectivity index (χ2v) is 8.48. The number of nitrogens with two attached hydrogens (primary N) is 1. The minimum absolute atomic E-state index is 0.135. The van der Waals surface area contributed by atoms with Crippen molar-refractivity contribution in [2.45, 2.75) is 18.9 Å². The number of nitrogens with one attached hydrogen (secondary N) is 1. The number of esters is 1. The van der Waals surface area contributed by atoms with E-state index in [1.165, 1.54) is 0 Å². The summed E-state index contributed by atoms with van der Waals surface area (Å²) in [4.78, 5) is 22.4. The topological polar surface area (TPSA) is 84.2 Å². The van der Waals surface area contributed by atoms with Crippen LogP contribution in [0, 0.1) is 0 Å². The number of benzene rings is 3. The number of carbonyl (C=O) groups is 1. The molecule has 3 N–H and O–H groups in total. The standard InChI is InChI=1S/C26H26N4O2/c1-30(2)14-6-11-23(31)32-16-12-13-21-22(15-16)29-26(28-21)20-10-5-9-19-24(20)17-7-3-4-8-18(17)25(19)27/h3-5,7-10,12-13,15,25H,6,11,14,27H2,1-2H3,(H,28,29)/t25-/m1/s1. The van der Waals surface area contributed by atoms with E-state index in [1.807, 2.05) is 44.4 Å². The van der Waals surface area contributed by atoms with Crippen LogP contribution in [0.25, 0.3) is 33.5 Å². The van der Waals surface area contributed by atoms with Crippen molar-refractivity contribution in [2.24, 2.45) is 5.73 Å². The Labute approximate surface area is 187 Å². The van der Waals surface area contributed by atoms with E-state index in [0.29, 0.717) is 12.2 Å². The monoisotopic (exact) mass is 426 g/mol. The molecule has 32 heavy (non-hydrogen) atoms. The van der Waals surface area contributed by atoms with Crippen LogP contribution in [0.15, 0.2) is 60.7 Å². The molecule has 4 aromatic rings. The second-order valence-electron chi connectivity index (χ2n) is 8.48. The molecule has 0 saturated carbocycles. The molecule has 0 radical (unpaired) electrons. The molecule has 1 aromatic heterocycles. The Hall–Kier alpha value is -3.48. The molecular weight excluding hydrogens is 400 g/mol. The average Bonchev–Trinajstić information content (AvgIpc) is 3.33. The molecule has 1 aliphatic carbocycles. The van der Waals surface area contributed by atoms with Gasteiger partial charge in [0.2, 0.25) is 0 Å². The number of aromatic nitrogens is 2. The van der Waals surface area contributed by atoms with E-state index in [-0.39, 0.29) is 12.0 Å². The molecule has 5 rings (SSSR count). The van der Waals surface area contributed by atoms with Crippen molar-refractivity contribution in [1.82, 2.24) is 14.9 Å². The van der Waals surface area contributed by atoms with Crippen LogP contribution in [-0.2, 0) is 4.79 Å². The summed E-state index contributed by atoms with van der Waals surface area (Å²) in [5.41, 5.74) is 13.7. The molecule has 6 nitrogen and oxygen atoms in total. The molecule has 162 valence electrons. The molecular formula is C26H26N4O2. The zero-order valence-electron chi connectivity index (χ0n) is 18.3. The molecule has 0 amide bonds. The average molecular weight is 427 g/mol. The van der Waals surface area contributed by atoms with Gasteiger partial charge in [0.1, 0.15) is 11.6 Å². The first-order chi connectivity index (χ1) is 15.5. The number of carbonyl (C=O) groups excluding carboxylic acids is 1. The first kappa shape index (κ1) is 20.4. The highest BCUT2D eigenvalue weighted by molar-refractivity contribution is 5.92. The number of nitrogens with zero attached hydrogens (tertiary/aromatic N) is 2. The summed E-state index contributed by atoms with van der Waals surface area (Å²) in [6.07, 6.45) is 1.16. The van der Waals surface area contributed by atoms with Crippen LogP contribution in [0.5, 0.6) is 5.75 Å². The van der Waals surface area contributed by atoms with Crippen molar-refractivity contribution < 1.29 is 9.53 Å². The van der Waals surface area contributed by atoms with Gasteiger partial charge >= 0.3 is 5.97 Å². The Kier molecular flexibility index (Phi) is 5.25. The van der Waals surface area contributed by atoms with E-state index in [0.717, 1.165) is 57.6 Å². The maximum absolute atomic E-state index is 12.2. The van der Waals surface area contributed by atoms with Crippen molar-refractivity contribution in [3.8, 4) is 28.3 Å². The third-order valence-corrected chi connectivity index (χ3v) is 5.92. The van der Waals surface area contributed by atoms with Gasteiger partial charge in [-0.1, -0.05) is 42.5 Å². The van der Waals surface area contributed by atoms with Gasteiger partial charge in [-0.3, -0.25) is 4.79 Å². The zero-order valence-corrected chi connectivity index (χ0v) is 18.3. The number of rotatable bonds is 6. The Morgan fingerprint density at radius 1 is 1.06 bits per heavy atom. The Bertz CT molecular complexity index is 1310. The molecule has 0 aliphatic heterocycles.